The summed E-state index contributed by atoms with van der Waals surface area (Å²) in [5.41, 5.74) is 3.17. The summed E-state index contributed by atoms with van der Waals surface area (Å²) in [5, 5.41) is 3.60. The van der Waals surface area contributed by atoms with Crippen molar-refractivity contribution in [2.75, 3.05) is 6.54 Å². The molecule has 0 amide bonds. The second-order valence-corrected chi connectivity index (χ2v) is 4.54. The molecule has 3 heteroatoms. The predicted octanol–water partition coefficient (Wildman–Crippen LogP) is 2.66. The Hall–Kier alpha value is -0.410. The topological polar surface area (TPSA) is 24.9 Å². The summed E-state index contributed by atoms with van der Waals surface area (Å²) in [6.07, 6.45) is 5.34. The molecule has 1 aliphatic rings. The maximum absolute atomic E-state index is 4.30. The van der Waals surface area contributed by atoms with Crippen LogP contribution in [0.3, 0.4) is 0 Å². The Morgan fingerprint density at radius 3 is 3.15 bits per heavy atom. The Kier molecular flexibility index (Phi) is 2.96. The third-order valence-corrected chi connectivity index (χ3v) is 3.70. The standard InChI is InChI=1S/C10H16N2S/c1-8-10(13-7-12-8)9-5-3-2-4-6-11-9/h7,9,11H,2-6H2,1H3. The molecule has 0 spiro atoms. The van der Waals surface area contributed by atoms with Crippen LogP contribution in [-0.2, 0) is 0 Å². The van der Waals surface area contributed by atoms with Crippen LogP contribution in [0.1, 0.15) is 42.3 Å². The van der Waals surface area contributed by atoms with Gasteiger partial charge >= 0.3 is 0 Å². The van der Waals surface area contributed by atoms with E-state index in [0.717, 1.165) is 0 Å². The van der Waals surface area contributed by atoms with Crippen molar-refractivity contribution in [3.05, 3.63) is 16.1 Å². The molecule has 1 aliphatic heterocycles. The average Bonchev–Trinajstić information content (AvgIpc) is 2.43. The fraction of sp³-hybridized carbons (Fsp3) is 0.700. The first-order chi connectivity index (χ1) is 6.38. The van der Waals surface area contributed by atoms with E-state index in [1.165, 1.54) is 42.8 Å². The number of aryl methyl sites for hydroxylation is 1. The van der Waals surface area contributed by atoms with Crippen LogP contribution < -0.4 is 5.32 Å². The van der Waals surface area contributed by atoms with Crippen LogP contribution in [0.15, 0.2) is 5.51 Å². The number of nitrogens with zero attached hydrogens (tertiary/aromatic N) is 1. The molecular weight excluding hydrogens is 180 g/mol. The molecule has 1 N–H and O–H groups in total. The Bertz CT molecular complexity index is 262. The predicted molar refractivity (Wildman–Crippen MR) is 56.1 cm³/mol. The van der Waals surface area contributed by atoms with E-state index in [1.807, 2.05) is 5.51 Å². The van der Waals surface area contributed by atoms with E-state index in [-0.39, 0.29) is 0 Å². The lowest BCUT2D eigenvalue weighted by molar-refractivity contribution is 0.540. The van der Waals surface area contributed by atoms with Gasteiger partial charge in [-0.2, -0.15) is 0 Å². The molecular formula is C10H16N2S. The molecule has 1 atom stereocenters. The Morgan fingerprint density at radius 2 is 2.38 bits per heavy atom. The summed E-state index contributed by atoms with van der Waals surface area (Å²) in [4.78, 5) is 5.75. The summed E-state index contributed by atoms with van der Waals surface area (Å²) in [6, 6.07) is 0.579. The van der Waals surface area contributed by atoms with Gasteiger partial charge in [0.25, 0.3) is 0 Å². The van der Waals surface area contributed by atoms with Crippen molar-refractivity contribution >= 4 is 11.3 Å². The van der Waals surface area contributed by atoms with Crippen LogP contribution in [0, 0.1) is 6.92 Å². The van der Waals surface area contributed by atoms with Crippen molar-refractivity contribution in [1.29, 1.82) is 0 Å². The summed E-state index contributed by atoms with van der Waals surface area (Å²) < 4.78 is 0. The van der Waals surface area contributed by atoms with E-state index in [2.05, 4.69) is 17.2 Å². The van der Waals surface area contributed by atoms with E-state index in [4.69, 9.17) is 0 Å². The third kappa shape index (κ3) is 2.09. The molecule has 1 unspecified atom stereocenters. The smallest absolute Gasteiger partial charge is 0.0798 e. The molecule has 2 rings (SSSR count). The normalized spacial score (nSPS) is 24.2. The highest BCUT2D eigenvalue weighted by Gasteiger charge is 2.16. The second-order valence-electron chi connectivity index (χ2n) is 3.66. The van der Waals surface area contributed by atoms with Crippen molar-refractivity contribution in [3.8, 4) is 0 Å². The SMILES string of the molecule is Cc1ncsc1C1CCCCCN1. The van der Waals surface area contributed by atoms with Gasteiger partial charge in [0.05, 0.1) is 11.2 Å². The lowest BCUT2D eigenvalue weighted by Crippen LogP contribution is -2.19. The Labute approximate surface area is 83.4 Å². The Morgan fingerprint density at radius 1 is 1.46 bits per heavy atom. The van der Waals surface area contributed by atoms with Gasteiger partial charge in [-0.1, -0.05) is 12.8 Å². The first kappa shape index (κ1) is 9.16. The molecule has 13 heavy (non-hydrogen) atoms. The Balaban J connectivity index is 2.10. The van der Waals surface area contributed by atoms with E-state index in [1.54, 1.807) is 11.3 Å². The first-order valence-electron chi connectivity index (χ1n) is 5.01. The molecule has 0 saturated carbocycles. The van der Waals surface area contributed by atoms with Gasteiger partial charge in [-0.15, -0.1) is 11.3 Å². The molecule has 0 radical (unpaired) electrons. The van der Waals surface area contributed by atoms with Gasteiger partial charge in [-0.05, 0) is 26.3 Å². The highest BCUT2D eigenvalue weighted by atomic mass is 32.1. The number of hydrogen-bond acceptors (Lipinski definition) is 3. The first-order valence-corrected chi connectivity index (χ1v) is 5.89. The van der Waals surface area contributed by atoms with Gasteiger partial charge in [0.1, 0.15) is 0 Å². The van der Waals surface area contributed by atoms with Gasteiger partial charge in [0.2, 0.25) is 0 Å². The van der Waals surface area contributed by atoms with Crippen LogP contribution in [0.25, 0.3) is 0 Å². The lowest BCUT2D eigenvalue weighted by atomic mass is 10.1. The molecule has 1 aromatic heterocycles. The van der Waals surface area contributed by atoms with E-state index in [9.17, 15) is 0 Å². The minimum absolute atomic E-state index is 0.579. The zero-order valence-corrected chi connectivity index (χ0v) is 8.86. The summed E-state index contributed by atoms with van der Waals surface area (Å²) in [7, 11) is 0. The third-order valence-electron chi connectivity index (χ3n) is 2.66. The molecule has 2 heterocycles. The zero-order valence-electron chi connectivity index (χ0n) is 8.05. The second kappa shape index (κ2) is 4.20. The van der Waals surface area contributed by atoms with E-state index in [0.29, 0.717) is 6.04 Å². The fourth-order valence-electron chi connectivity index (χ4n) is 1.90. The quantitative estimate of drug-likeness (QED) is 0.747. The minimum atomic E-state index is 0.579. The van der Waals surface area contributed by atoms with Crippen LogP contribution in [-0.4, -0.2) is 11.5 Å². The number of nitrogens with one attached hydrogen (secondary N) is 1. The van der Waals surface area contributed by atoms with Gasteiger partial charge in [0, 0.05) is 10.9 Å². The van der Waals surface area contributed by atoms with Gasteiger partial charge in [0.15, 0.2) is 0 Å². The highest BCUT2D eigenvalue weighted by molar-refractivity contribution is 7.09. The van der Waals surface area contributed by atoms with Crippen LogP contribution in [0.5, 0.6) is 0 Å². The molecule has 72 valence electrons. The van der Waals surface area contributed by atoms with E-state index >= 15 is 0 Å². The molecule has 0 bridgehead atoms. The lowest BCUT2D eigenvalue weighted by Gasteiger charge is -2.13. The van der Waals surface area contributed by atoms with Crippen molar-refractivity contribution in [1.82, 2.24) is 10.3 Å². The maximum atomic E-state index is 4.30. The molecule has 1 fully saturated rings. The van der Waals surface area contributed by atoms with Crippen molar-refractivity contribution in [2.24, 2.45) is 0 Å². The molecule has 1 saturated heterocycles. The maximum Gasteiger partial charge on any atom is 0.0798 e. The largest absolute Gasteiger partial charge is 0.309 e. The molecule has 0 aliphatic carbocycles. The highest BCUT2D eigenvalue weighted by Crippen LogP contribution is 2.27. The number of aromatic nitrogens is 1. The number of hydrogen-bond donors (Lipinski definition) is 1. The van der Waals surface area contributed by atoms with Crippen molar-refractivity contribution < 1.29 is 0 Å². The summed E-state index contributed by atoms with van der Waals surface area (Å²) in [6.45, 7) is 3.28. The van der Waals surface area contributed by atoms with Crippen LogP contribution in [0.2, 0.25) is 0 Å². The average molecular weight is 196 g/mol. The molecule has 0 aromatic carbocycles. The zero-order chi connectivity index (χ0) is 9.10. The molecule has 2 nitrogen and oxygen atoms in total. The number of thiazole rings is 1. The summed E-state index contributed by atoms with van der Waals surface area (Å²) in [5.74, 6) is 0. The monoisotopic (exact) mass is 196 g/mol. The van der Waals surface area contributed by atoms with Crippen molar-refractivity contribution in [3.63, 3.8) is 0 Å². The van der Waals surface area contributed by atoms with Gasteiger partial charge < -0.3 is 5.32 Å². The molecule has 1 aromatic rings. The minimum Gasteiger partial charge on any atom is -0.309 e. The van der Waals surface area contributed by atoms with E-state index < -0.39 is 0 Å². The number of rotatable bonds is 1. The fourth-order valence-corrected chi connectivity index (χ4v) is 2.81. The van der Waals surface area contributed by atoms with Crippen LogP contribution >= 0.6 is 11.3 Å². The van der Waals surface area contributed by atoms with Crippen molar-refractivity contribution in [2.45, 2.75) is 38.6 Å². The van der Waals surface area contributed by atoms with Gasteiger partial charge in [-0.3, -0.25) is 0 Å². The van der Waals surface area contributed by atoms with Crippen LogP contribution in [0.4, 0.5) is 0 Å². The summed E-state index contributed by atoms with van der Waals surface area (Å²) >= 11 is 1.79. The van der Waals surface area contributed by atoms with Gasteiger partial charge in [-0.25, -0.2) is 4.98 Å².